The molecular formula is C12H16O3. The summed E-state index contributed by atoms with van der Waals surface area (Å²) in [6, 6.07) is 3.34. The Morgan fingerprint density at radius 2 is 1.93 bits per heavy atom. The summed E-state index contributed by atoms with van der Waals surface area (Å²) >= 11 is 0. The molecule has 0 radical (unpaired) electrons. The third-order valence-corrected chi connectivity index (χ3v) is 3.95. The minimum atomic E-state index is -0.194. The van der Waals surface area contributed by atoms with Crippen LogP contribution in [-0.4, -0.2) is 5.97 Å². The Labute approximate surface area is 89.4 Å². The first kappa shape index (κ1) is 10.3. The average Bonchev–Trinajstić information content (AvgIpc) is 2.53. The van der Waals surface area contributed by atoms with E-state index in [0.717, 1.165) is 0 Å². The van der Waals surface area contributed by atoms with Crippen LogP contribution in [0.15, 0.2) is 22.8 Å². The lowest BCUT2D eigenvalue weighted by Gasteiger charge is -2.03. The zero-order chi connectivity index (χ0) is 11.3. The van der Waals surface area contributed by atoms with Gasteiger partial charge < -0.3 is 9.15 Å². The van der Waals surface area contributed by atoms with Gasteiger partial charge in [0, 0.05) is 6.07 Å². The fourth-order valence-electron chi connectivity index (χ4n) is 2.27. The SMILES string of the molecule is CC1(C)C(C(=O)Oc2ccco2)C1(C)C. The maximum atomic E-state index is 11.8. The van der Waals surface area contributed by atoms with Crippen molar-refractivity contribution in [2.24, 2.45) is 16.7 Å². The van der Waals surface area contributed by atoms with Gasteiger partial charge in [0.05, 0.1) is 12.2 Å². The van der Waals surface area contributed by atoms with Gasteiger partial charge in [-0.3, -0.25) is 4.79 Å². The number of rotatable bonds is 2. The molecule has 3 nitrogen and oxygen atoms in total. The molecule has 1 fully saturated rings. The highest BCUT2D eigenvalue weighted by molar-refractivity contribution is 5.80. The van der Waals surface area contributed by atoms with Crippen LogP contribution in [-0.2, 0) is 4.79 Å². The van der Waals surface area contributed by atoms with Gasteiger partial charge in [-0.25, -0.2) is 0 Å². The zero-order valence-corrected chi connectivity index (χ0v) is 9.53. The second-order valence-corrected chi connectivity index (χ2v) is 5.23. The van der Waals surface area contributed by atoms with Gasteiger partial charge in [-0.15, -0.1) is 0 Å². The van der Waals surface area contributed by atoms with Gasteiger partial charge in [-0.1, -0.05) is 27.7 Å². The summed E-state index contributed by atoms with van der Waals surface area (Å²) in [5.41, 5.74) is 0.0212. The minimum Gasteiger partial charge on any atom is -0.434 e. The van der Waals surface area contributed by atoms with Gasteiger partial charge in [0.1, 0.15) is 0 Å². The van der Waals surface area contributed by atoms with Crippen LogP contribution in [0.4, 0.5) is 0 Å². The van der Waals surface area contributed by atoms with Gasteiger partial charge >= 0.3 is 5.97 Å². The molecule has 0 saturated heterocycles. The molecule has 1 aliphatic rings. The average molecular weight is 208 g/mol. The summed E-state index contributed by atoms with van der Waals surface area (Å²) in [6.07, 6.45) is 1.49. The van der Waals surface area contributed by atoms with Crippen molar-refractivity contribution >= 4 is 5.97 Å². The lowest BCUT2D eigenvalue weighted by atomic mass is 10.0. The van der Waals surface area contributed by atoms with Crippen molar-refractivity contribution in [1.82, 2.24) is 0 Å². The molecule has 1 aliphatic carbocycles. The van der Waals surface area contributed by atoms with E-state index in [1.54, 1.807) is 12.1 Å². The Morgan fingerprint density at radius 3 is 2.33 bits per heavy atom. The summed E-state index contributed by atoms with van der Waals surface area (Å²) in [5, 5.41) is 0. The lowest BCUT2D eigenvalue weighted by Crippen LogP contribution is -2.14. The second-order valence-electron chi connectivity index (χ2n) is 5.23. The van der Waals surface area contributed by atoms with Gasteiger partial charge in [0.25, 0.3) is 5.95 Å². The maximum Gasteiger partial charge on any atom is 0.317 e. The summed E-state index contributed by atoms with van der Waals surface area (Å²) in [7, 11) is 0. The van der Waals surface area contributed by atoms with E-state index in [1.807, 2.05) is 0 Å². The summed E-state index contributed by atoms with van der Waals surface area (Å²) < 4.78 is 10.1. The molecular weight excluding hydrogens is 192 g/mol. The highest BCUT2D eigenvalue weighted by Gasteiger charge is 2.69. The predicted octanol–water partition coefficient (Wildman–Crippen LogP) is 2.87. The Balaban J connectivity index is 2.06. The normalized spacial score (nSPS) is 22.4. The van der Waals surface area contributed by atoms with Gasteiger partial charge in [-0.05, 0) is 16.9 Å². The van der Waals surface area contributed by atoms with E-state index in [4.69, 9.17) is 9.15 Å². The largest absolute Gasteiger partial charge is 0.434 e. The maximum absolute atomic E-state index is 11.8. The molecule has 0 atom stereocenters. The van der Waals surface area contributed by atoms with Crippen LogP contribution in [0.3, 0.4) is 0 Å². The van der Waals surface area contributed by atoms with Crippen LogP contribution in [0.25, 0.3) is 0 Å². The fraction of sp³-hybridized carbons (Fsp3) is 0.583. The van der Waals surface area contributed by atoms with Crippen molar-refractivity contribution in [2.45, 2.75) is 27.7 Å². The van der Waals surface area contributed by atoms with Crippen LogP contribution >= 0.6 is 0 Å². The molecule has 3 heteroatoms. The number of carbonyl (C=O) groups is 1. The number of carbonyl (C=O) groups excluding carboxylic acids is 1. The third kappa shape index (κ3) is 1.37. The van der Waals surface area contributed by atoms with E-state index in [1.165, 1.54) is 6.26 Å². The number of esters is 1. The van der Waals surface area contributed by atoms with Crippen LogP contribution in [0.2, 0.25) is 0 Å². The molecule has 0 bridgehead atoms. The molecule has 1 heterocycles. The number of hydrogen-bond donors (Lipinski definition) is 0. The topological polar surface area (TPSA) is 39.4 Å². The van der Waals surface area contributed by atoms with E-state index >= 15 is 0 Å². The Hall–Kier alpha value is -1.25. The summed E-state index contributed by atoms with van der Waals surface area (Å²) in [4.78, 5) is 11.8. The third-order valence-electron chi connectivity index (χ3n) is 3.95. The molecule has 82 valence electrons. The second kappa shape index (κ2) is 2.87. The molecule has 2 rings (SSSR count). The van der Waals surface area contributed by atoms with Crippen molar-refractivity contribution in [2.75, 3.05) is 0 Å². The summed E-state index contributed by atoms with van der Waals surface area (Å²) in [5.74, 6) is 0.0357. The monoisotopic (exact) mass is 208 g/mol. The number of hydrogen-bond acceptors (Lipinski definition) is 3. The summed E-state index contributed by atoms with van der Waals surface area (Å²) in [6.45, 7) is 8.34. The molecule has 0 aliphatic heterocycles. The number of ether oxygens (including phenoxy) is 1. The Kier molecular flexibility index (Phi) is 1.97. The highest BCUT2D eigenvalue weighted by Crippen LogP contribution is 2.68. The first-order valence-corrected chi connectivity index (χ1v) is 5.12. The van der Waals surface area contributed by atoms with Crippen molar-refractivity contribution in [3.8, 4) is 5.95 Å². The molecule has 0 aromatic carbocycles. The van der Waals surface area contributed by atoms with E-state index in [-0.39, 0.29) is 28.7 Å². The fourth-order valence-corrected chi connectivity index (χ4v) is 2.27. The van der Waals surface area contributed by atoms with E-state index < -0.39 is 0 Å². The molecule has 1 saturated carbocycles. The Morgan fingerprint density at radius 1 is 1.33 bits per heavy atom. The molecule has 1 aromatic heterocycles. The van der Waals surface area contributed by atoms with E-state index in [2.05, 4.69) is 27.7 Å². The molecule has 0 amide bonds. The quantitative estimate of drug-likeness (QED) is 0.701. The molecule has 0 spiro atoms. The van der Waals surface area contributed by atoms with Gasteiger partial charge in [-0.2, -0.15) is 0 Å². The first-order valence-electron chi connectivity index (χ1n) is 5.12. The van der Waals surface area contributed by atoms with E-state index in [9.17, 15) is 4.79 Å². The lowest BCUT2D eigenvalue weighted by molar-refractivity contribution is -0.138. The molecule has 0 unspecified atom stereocenters. The first-order chi connectivity index (χ1) is 6.87. The molecule has 15 heavy (non-hydrogen) atoms. The van der Waals surface area contributed by atoms with Crippen molar-refractivity contribution in [3.63, 3.8) is 0 Å². The van der Waals surface area contributed by atoms with Crippen molar-refractivity contribution in [1.29, 1.82) is 0 Å². The van der Waals surface area contributed by atoms with Crippen LogP contribution in [0.1, 0.15) is 27.7 Å². The standard InChI is InChI=1S/C12H16O3/c1-11(2)9(12(11,3)4)10(13)15-8-6-5-7-14-8/h5-7,9H,1-4H3. The van der Waals surface area contributed by atoms with Crippen LogP contribution in [0.5, 0.6) is 5.95 Å². The van der Waals surface area contributed by atoms with Crippen LogP contribution < -0.4 is 4.74 Å². The molecule has 0 N–H and O–H groups in total. The number of furan rings is 1. The van der Waals surface area contributed by atoms with Gasteiger partial charge in [0.15, 0.2) is 0 Å². The molecule has 1 aromatic rings. The van der Waals surface area contributed by atoms with Gasteiger partial charge in [0.2, 0.25) is 0 Å². The van der Waals surface area contributed by atoms with E-state index in [0.29, 0.717) is 0 Å². The Bertz CT molecular complexity index is 360. The highest BCUT2D eigenvalue weighted by atomic mass is 16.6. The van der Waals surface area contributed by atoms with Crippen LogP contribution in [0, 0.1) is 16.7 Å². The zero-order valence-electron chi connectivity index (χ0n) is 9.53. The minimum absolute atomic E-state index is 0.0106. The smallest absolute Gasteiger partial charge is 0.317 e. The predicted molar refractivity (Wildman–Crippen MR) is 55.4 cm³/mol. The van der Waals surface area contributed by atoms with Crippen molar-refractivity contribution < 1.29 is 13.9 Å². The van der Waals surface area contributed by atoms with Crippen molar-refractivity contribution in [3.05, 3.63) is 18.4 Å².